The molecule has 0 radical (unpaired) electrons. The molecule has 0 saturated carbocycles. The lowest BCUT2D eigenvalue weighted by molar-refractivity contribution is -0.139. The van der Waals surface area contributed by atoms with Gasteiger partial charge in [-0.2, -0.15) is 0 Å². The van der Waals surface area contributed by atoms with E-state index in [9.17, 15) is 4.79 Å². The van der Waals surface area contributed by atoms with Gasteiger partial charge in [-0.25, -0.2) is 4.79 Å². The minimum Gasteiger partial charge on any atom is -0.497 e. The van der Waals surface area contributed by atoms with Crippen LogP contribution in [-0.4, -0.2) is 36.2 Å². The lowest BCUT2D eigenvalue weighted by Crippen LogP contribution is -2.23. The predicted octanol–water partition coefficient (Wildman–Crippen LogP) is 3.50. The summed E-state index contributed by atoms with van der Waals surface area (Å²) < 4.78 is 10.8. The number of methoxy groups -OCH3 is 1. The van der Waals surface area contributed by atoms with Gasteiger partial charge in [-0.1, -0.05) is 30.3 Å². The highest BCUT2D eigenvalue weighted by Crippen LogP contribution is 2.35. The van der Waals surface area contributed by atoms with E-state index in [1.165, 1.54) is 5.56 Å². The van der Waals surface area contributed by atoms with E-state index in [1.54, 1.807) is 7.11 Å². The maximum absolute atomic E-state index is 10.8. The Morgan fingerprint density at radius 1 is 1.24 bits per heavy atom. The molecule has 0 aromatic heterocycles. The Kier molecular flexibility index (Phi) is 5.56. The van der Waals surface area contributed by atoms with Gasteiger partial charge in [0.15, 0.2) is 6.61 Å². The molecule has 0 spiro atoms. The van der Waals surface area contributed by atoms with Gasteiger partial charge in [0.1, 0.15) is 11.5 Å². The molecule has 1 aliphatic rings. The Hall–Kier alpha value is -2.53. The minimum absolute atomic E-state index is 0.323. The molecule has 1 unspecified atom stereocenters. The fraction of sp³-hybridized carbons (Fsp3) is 0.350. The summed E-state index contributed by atoms with van der Waals surface area (Å²) in [6, 6.07) is 16.2. The largest absolute Gasteiger partial charge is 0.497 e. The van der Waals surface area contributed by atoms with Gasteiger partial charge in [0.2, 0.25) is 0 Å². The monoisotopic (exact) mass is 341 g/mol. The molecule has 25 heavy (non-hydrogen) atoms. The van der Waals surface area contributed by atoms with Crippen molar-refractivity contribution in [1.29, 1.82) is 0 Å². The quantitative estimate of drug-likeness (QED) is 0.835. The van der Waals surface area contributed by atoms with Gasteiger partial charge in [-0.3, -0.25) is 4.90 Å². The second kappa shape index (κ2) is 8.03. The first-order valence-corrected chi connectivity index (χ1v) is 8.48. The lowest BCUT2D eigenvalue weighted by atomic mass is 10.0. The van der Waals surface area contributed by atoms with Crippen LogP contribution in [0.25, 0.3) is 0 Å². The summed E-state index contributed by atoms with van der Waals surface area (Å²) >= 11 is 0. The van der Waals surface area contributed by atoms with Crippen molar-refractivity contribution in [3.63, 3.8) is 0 Å². The van der Waals surface area contributed by atoms with Crippen molar-refractivity contribution in [3.05, 3.63) is 59.7 Å². The van der Waals surface area contributed by atoms with Crippen LogP contribution >= 0.6 is 0 Å². The number of rotatable bonds is 7. The molecule has 5 heteroatoms. The van der Waals surface area contributed by atoms with E-state index in [1.807, 2.05) is 36.4 Å². The molecule has 132 valence electrons. The van der Waals surface area contributed by atoms with E-state index in [4.69, 9.17) is 14.6 Å². The Balaban J connectivity index is 1.76. The van der Waals surface area contributed by atoms with Crippen LogP contribution in [0.5, 0.6) is 11.5 Å². The second-order valence-electron chi connectivity index (χ2n) is 6.20. The van der Waals surface area contributed by atoms with Crippen molar-refractivity contribution in [2.75, 3.05) is 20.3 Å². The summed E-state index contributed by atoms with van der Waals surface area (Å²) in [5.74, 6) is 0.543. The third-order valence-electron chi connectivity index (χ3n) is 4.54. The standard InChI is InChI=1S/C20H23NO4/c1-24-17-8-4-7-15(12-17)18-9-5-11-21(18)13-16-6-2-3-10-19(16)25-14-20(22)23/h2-4,6-8,10,12,18H,5,9,11,13-14H2,1H3,(H,22,23). The zero-order valence-corrected chi connectivity index (χ0v) is 14.4. The van der Waals surface area contributed by atoms with Crippen molar-refractivity contribution in [2.45, 2.75) is 25.4 Å². The van der Waals surface area contributed by atoms with Crippen LogP contribution in [0.15, 0.2) is 48.5 Å². The molecule has 1 fully saturated rings. The van der Waals surface area contributed by atoms with Crippen molar-refractivity contribution >= 4 is 5.97 Å². The average molecular weight is 341 g/mol. The zero-order valence-electron chi connectivity index (χ0n) is 14.4. The SMILES string of the molecule is COc1cccc(C2CCCN2Cc2ccccc2OCC(=O)O)c1. The highest BCUT2D eigenvalue weighted by Gasteiger charge is 2.27. The predicted molar refractivity (Wildman–Crippen MR) is 95.0 cm³/mol. The summed E-state index contributed by atoms with van der Waals surface area (Å²) in [5.41, 5.74) is 2.26. The highest BCUT2D eigenvalue weighted by molar-refractivity contribution is 5.68. The first-order chi connectivity index (χ1) is 12.2. The van der Waals surface area contributed by atoms with Crippen LogP contribution in [0.2, 0.25) is 0 Å². The third kappa shape index (κ3) is 4.31. The number of nitrogens with zero attached hydrogens (tertiary/aromatic N) is 1. The van der Waals surface area contributed by atoms with Crippen molar-refractivity contribution in [3.8, 4) is 11.5 Å². The maximum Gasteiger partial charge on any atom is 0.341 e. The highest BCUT2D eigenvalue weighted by atomic mass is 16.5. The molecule has 1 aliphatic heterocycles. The van der Waals surface area contributed by atoms with Crippen molar-refractivity contribution in [1.82, 2.24) is 4.90 Å². The molecule has 2 aromatic carbocycles. The molecule has 0 amide bonds. The fourth-order valence-corrected chi connectivity index (χ4v) is 3.38. The summed E-state index contributed by atoms with van der Waals surface area (Å²) in [4.78, 5) is 13.2. The van der Waals surface area contributed by atoms with E-state index >= 15 is 0 Å². The number of para-hydroxylation sites is 1. The van der Waals surface area contributed by atoms with Crippen molar-refractivity contribution in [2.24, 2.45) is 0 Å². The number of aliphatic carboxylic acids is 1. The van der Waals surface area contributed by atoms with E-state index in [0.29, 0.717) is 11.8 Å². The molecule has 0 bridgehead atoms. The lowest BCUT2D eigenvalue weighted by Gasteiger charge is -2.26. The Bertz CT molecular complexity index is 731. The zero-order chi connectivity index (χ0) is 17.6. The number of carboxylic acids is 1. The minimum atomic E-state index is -0.967. The number of carboxylic acid groups (broad SMARTS) is 1. The van der Waals surface area contributed by atoms with Crippen LogP contribution in [0.4, 0.5) is 0 Å². The number of carbonyl (C=O) groups is 1. The normalized spacial score (nSPS) is 17.4. The molecule has 2 aromatic rings. The fourth-order valence-electron chi connectivity index (χ4n) is 3.38. The van der Waals surface area contributed by atoms with Gasteiger partial charge in [0.25, 0.3) is 0 Å². The van der Waals surface area contributed by atoms with Gasteiger partial charge in [-0.15, -0.1) is 0 Å². The van der Waals surface area contributed by atoms with E-state index in [-0.39, 0.29) is 6.61 Å². The topological polar surface area (TPSA) is 59.0 Å². The second-order valence-corrected chi connectivity index (χ2v) is 6.20. The van der Waals surface area contributed by atoms with E-state index < -0.39 is 5.97 Å². The first-order valence-electron chi connectivity index (χ1n) is 8.48. The number of hydrogen-bond acceptors (Lipinski definition) is 4. The summed E-state index contributed by atoms with van der Waals surface area (Å²) in [5, 5.41) is 8.84. The Morgan fingerprint density at radius 3 is 2.88 bits per heavy atom. The average Bonchev–Trinajstić information content (AvgIpc) is 3.09. The molecule has 1 heterocycles. The Labute approximate surface area is 147 Å². The number of benzene rings is 2. The maximum atomic E-state index is 10.8. The van der Waals surface area contributed by atoms with Gasteiger partial charge in [0, 0.05) is 18.2 Å². The van der Waals surface area contributed by atoms with Gasteiger partial charge in [0.05, 0.1) is 7.11 Å². The molecular formula is C20H23NO4. The number of likely N-dealkylation sites (tertiary alicyclic amines) is 1. The van der Waals surface area contributed by atoms with Gasteiger partial charge in [-0.05, 0) is 43.1 Å². The summed E-state index contributed by atoms with van der Waals surface area (Å²) in [6.45, 7) is 1.42. The Morgan fingerprint density at radius 2 is 2.08 bits per heavy atom. The van der Waals surface area contributed by atoms with Crippen molar-refractivity contribution < 1.29 is 19.4 Å². The van der Waals surface area contributed by atoms with Crippen LogP contribution in [0.1, 0.15) is 30.0 Å². The van der Waals surface area contributed by atoms with Gasteiger partial charge >= 0.3 is 5.97 Å². The molecule has 3 rings (SSSR count). The van der Waals surface area contributed by atoms with Crippen LogP contribution in [0.3, 0.4) is 0 Å². The molecule has 1 N–H and O–H groups in total. The molecule has 5 nitrogen and oxygen atoms in total. The first kappa shape index (κ1) is 17.3. The summed E-state index contributed by atoms with van der Waals surface area (Å²) in [7, 11) is 1.68. The molecule has 0 aliphatic carbocycles. The smallest absolute Gasteiger partial charge is 0.341 e. The molecular weight excluding hydrogens is 318 g/mol. The van der Waals surface area contributed by atoms with Crippen LogP contribution in [-0.2, 0) is 11.3 Å². The third-order valence-corrected chi connectivity index (χ3v) is 4.54. The number of ether oxygens (including phenoxy) is 2. The van der Waals surface area contributed by atoms with Gasteiger partial charge < -0.3 is 14.6 Å². The van der Waals surface area contributed by atoms with Crippen LogP contribution < -0.4 is 9.47 Å². The van der Waals surface area contributed by atoms with E-state index in [2.05, 4.69) is 17.0 Å². The van der Waals surface area contributed by atoms with E-state index in [0.717, 1.165) is 37.2 Å². The number of hydrogen-bond donors (Lipinski definition) is 1. The summed E-state index contributed by atoms with van der Waals surface area (Å²) in [6.07, 6.45) is 2.24. The molecule has 1 saturated heterocycles. The molecule has 1 atom stereocenters. The van der Waals surface area contributed by atoms with Crippen LogP contribution in [0, 0.1) is 0 Å².